The van der Waals surface area contributed by atoms with Crippen molar-refractivity contribution < 1.29 is 5.11 Å². The van der Waals surface area contributed by atoms with Crippen LogP contribution in [0.4, 0.5) is 0 Å². The second-order valence-electron chi connectivity index (χ2n) is 5.31. The Labute approximate surface area is 135 Å². The van der Waals surface area contributed by atoms with Gasteiger partial charge >= 0.3 is 0 Å². The van der Waals surface area contributed by atoms with Crippen molar-refractivity contribution in [1.29, 1.82) is 0 Å². The fraction of sp³-hybridized carbons (Fsp3) is 0.600. The van der Waals surface area contributed by atoms with Gasteiger partial charge in [0.15, 0.2) is 0 Å². The molecule has 2 rings (SSSR count). The third kappa shape index (κ3) is 4.54. The number of nitrogens with one attached hydrogen (secondary N) is 1. The van der Waals surface area contributed by atoms with Crippen molar-refractivity contribution in [2.75, 3.05) is 12.8 Å². The Kier molecular flexibility index (Phi) is 6.50. The number of thioether (sulfide) groups is 1. The summed E-state index contributed by atoms with van der Waals surface area (Å²) in [7, 11) is 0. The lowest BCUT2D eigenvalue weighted by molar-refractivity contribution is 0.166. The van der Waals surface area contributed by atoms with Crippen LogP contribution in [0.25, 0.3) is 0 Å². The normalized spacial score (nSPS) is 24.6. The molecule has 0 aromatic heterocycles. The highest BCUT2D eigenvalue weighted by Gasteiger charge is 2.22. The van der Waals surface area contributed by atoms with Gasteiger partial charge in [0.05, 0.1) is 6.10 Å². The molecule has 2 N–H and O–H groups in total. The average Bonchev–Trinajstić information content (AvgIpc) is 2.47. The first-order valence-electron chi connectivity index (χ1n) is 6.99. The van der Waals surface area contributed by atoms with E-state index in [4.69, 9.17) is 23.2 Å². The van der Waals surface area contributed by atoms with Gasteiger partial charge in [0, 0.05) is 33.4 Å². The lowest BCUT2D eigenvalue weighted by Gasteiger charge is -2.29. The van der Waals surface area contributed by atoms with Crippen LogP contribution in [0.3, 0.4) is 0 Å². The van der Waals surface area contributed by atoms with Gasteiger partial charge in [0.2, 0.25) is 0 Å². The molecule has 2 nitrogen and oxygen atoms in total. The largest absolute Gasteiger partial charge is 0.387 e. The lowest BCUT2D eigenvalue weighted by Crippen LogP contribution is -2.37. The van der Waals surface area contributed by atoms with Crippen molar-refractivity contribution in [1.82, 2.24) is 5.32 Å². The number of halogens is 2. The fourth-order valence-corrected chi connectivity index (χ4v) is 3.95. The molecule has 1 aliphatic rings. The Morgan fingerprint density at radius 3 is 2.95 bits per heavy atom. The van der Waals surface area contributed by atoms with Crippen molar-refractivity contribution >= 4 is 35.0 Å². The number of benzene rings is 1. The van der Waals surface area contributed by atoms with Crippen LogP contribution in [0.15, 0.2) is 18.2 Å². The van der Waals surface area contributed by atoms with E-state index in [1.54, 1.807) is 18.2 Å². The first-order chi connectivity index (χ1) is 9.60. The molecule has 0 amide bonds. The number of aliphatic hydroxyl groups excluding tert-OH is 1. The van der Waals surface area contributed by atoms with E-state index in [1.807, 2.05) is 11.8 Å². The topological polar surface area (TPSA) is 32.3 Å². The Morgan fingerprint density at radius 1 is 1.40 bits per heavy atom. The molecule has 0 heterocycles. The van der Waals surface area contributed by atoms with E-state index in [0.717, 1.165) is 5.25 Å². The quantitative estimate of drug-likeness (QED) is 0.842. The summed E-state index contributed by atoms with van der Waals surface area (Å²) in [5.74, 6) is 0. The zero-order chi connectivity index (χ0) is 14.5. The molecule has 1 aliphatic carbocycles. The van der Waals surface area contributed by atoms with E-state index < -0.39 is 6.10 Å². The molecule has 3 atom stereocenters. The number of aliphatic hydroxyl groups is 1. The third-order valence-electron chi connectivity index (χ3n) is 3.88. The summed E-state index contributed by atoms with van der Waals surface area (Å²) in [6.45, 7) is 0.520. The SMILES string of the molecule is CSC1CCCC(NCC(O)c2cc(Cl)ccc2Cl)C1. The van der Waals surface area contributed by atoms with Crippen molar-refractivity contribution in [2.45, 2.75) is 43.1 Å². The van der Waals surface area contributed by atoms with Crippen LogP contribution in [0.5, 0.6) is 0 Å². The zero-order valence-electron chi connectivity index (χ0n) is 11.6. The first-order valence-corrected chi connectivity index (χ1v) is 9.03. The lowest BCUT2D eigenvalue weighted by atomic mass is 9.94. The third-order valence-corrected chi connectivity index (χ3v) is 5.55. The molecular weight excluding hydrogens is 313 g/mol. The maximum Gasteiger partial charge on any atom is 0.0929 e. The van der Waals surface area contributed by atoms with Gasteiger partial charge in [-0.05, 0) is 43.7 Å². The van der Waals surface area contributed by atoms with Gasteiger partial charge < -0.3 is 10.4 Å². The molecule has 0 radical (unpaired) electrons. The van der Waals surface area contributed by atoms with Gasteiger partial charge in [-0.2, -0.15) is 11.8 Å². The van der Waals surface area contributed by atoms with Gasteiger partial charge in [-0.3, -0.25) is 0 Å². The molecule has 1 aromatic rings. The van der Waals surface area contributed by atoms with Gasteiger partial charge in [-0.15, -0.1) is 0 Å². The summed E-state index contributed by atoms with van der Waals surface area (Å²) in [5.41, 5.74) is 0.698. The Bertz CT molecular complexity index is 444. The van der Waals surface area contributed by atoms with E-state index >= 15 is 0 Å². The summed E-state index contributed by atoms with van der Waals surface area (Å²) in [5, 5.41) is 15.6. The predicted octanol–water partition coefficient (Wildman–Crippen LogP) is 4.29. The molecule has 0 saturated heterocycles. The highest BCUT2D eigenvalue weighted by atomic mass is 35.5. The van der Waals surface area contributed by atoms with Crippen molar-refractivity contribution in [3.63, 3.8) is 0 Å². The van der Waals surface area contributed by atoms with Crippen LogP contribution in [-0.2, 0) is 0 Å². The van der Waals surface area contributed by atoms with Gasteiger partial charge in [0.1, 0.15) is 0 Å². The van der Waals surface area contributed by atoms with Crippen molar-refractivity contribution in [3.8, 4) is 0 Å². The molecule has 5 heteroatoms. The Balaban J connectivity index is 1.88. The maximum atomic E-state index is 10.3. The molecule has 0 aliphatic heterocycles. The van der Waals surface area contributed by atoms with Crippen LogP contribution in [0, 0.1) is 0 Å². The molecule has 1 fully saturated rings. The van der Waals surface area contributed by atoms with Crippen molar-refractivity contribution in [3.05, 3.63) is 33.8 Å². The first kappa shape index (κ1) is 16.4. The van der Waals surface area contributed by atoms with Crippen LogP contribution in [-0.4, -0.2) is 29.2 Å². The summed E-state index contributed by atoms with van der Waals surface area (Å²) in [6.07, 6.45) is 6.49. The van der Waals surface area contributed by atoms with Crippen LogP contribution >= 0.6 is 35.0 Å². The van der Waals surface area contributed by atoms with Crippen LogP contribution in [0.2, 0.25) is 10.0 Å². The van der Waals surface area contributed by atoms with E-state index in [0.29, 0.717) is 28.2 Å². The summed E-state index contributed by atoms with van der Waals surface area (Å²) < 4.78 is 0. The fourth-order valence-electron chi connectivity index (χ4n) is 2.70. The number of hydrogen-bond donors (Lipinski definition) is 2. The minimum Gasteiger partial charge on any atom is -0.387 e. The van der Waals surface area contributed by atoms with E-state index in [9.17, 15) is 5.11 Å². The smallest absolute Gasteiger partial charge is 0.0929 e. The molecular formula is C15H21Cl2NOS. The van der Waals surface area contributed by atoms with Gasteiger partial charge in [-0.1, -0.05) is 29.6 Å². The number of rotatable bonds is 5. The Morgan fingerprint density at radius 2 is 2.20 bits per heavy atom. The van der Waals surface area contributed by atoms with Gasteiger partial charge in [0.25, 0.3) is 0 Å². The highest BCUT2D eigenvalue weighted by Crippen LogP contribution is 2.28. The summed E-state index contributed by atoms with van der Waals surface area (Å²) in [4.78, 5) is 0. The maximum absolute atomic E-state index is 10.3. The monoisotopic (exact) mass is 333 g/mol. The molecule has 1 aromatic carbocycles. The van der Waals surface area contributed by atoms with Crippen LogP contribution < -0.4 is 5.32 Å². The molecule has 0 bridgehead atoms. The minimum atomic E-state index is -0.615. The molecule has 20 heavy (non-hydrogen) atoms. The summed E-state index contributed by atoms with van der Waals surface area (Å²) >= 11 is 14.0. The van der Waals surface area contributed by atoms with E-state index in [1.165, 1.54) is 25.7 Å². The average molecular weight is 334 g/mol. The highest BCUT2D eigenvalue weighted by molar-refractivity contribution is 7.99. The van der Waals surface area contributed by atoms with Gasteiger partial charge in [-0.25, -0.2) is 0 Å². The second kappa shape index (κ2) is 7.90. The molecule has 112 valence electrons. The zero-order valence-corrected chi connectivity index (χ0v) is 13.9. The summed E-state index contributed by atoms with van der Waals surface area (Å²) in [6, 6.07) is 5.70. The van der Waals surface area contributed by atoms with E-state index in [-0.39, 0.29) is 0 Å². The Hall–Kier alpha value is 0.0700. The minimum absolute atomic E-state index is 0.494. The number of hydrogen-bond acceptors (Lipinski definition) is 3. The van der Waals surface area contributed by atoms with Crippen LogP contribution in [0.1, 0.15) is 37.4 Å². The second-order valence-corrected chi connectivity index (χ2v) is 7.29. The van der Waals surface area contributed by atoms with E-state index in [2.05, 4.69) is 11.6 Å². The predicted molar refractivity (Wildman–Crippen MR) is 89.0 cm³/mol. The molecule has 3 unspecified atom stereocenters. The van der Waals surface area contributed by atoms with Crippen molar-refractivity contribution in [2.24, 2.45) is 0 Å². The standard InChI is InChI=1S/C15H21Cl2NOS/c1-20-12-4-2-3-11(8-12)18-9-15(19)13-7-10(16)5-6-14(13)17/h5-7,11-12,15,18-19H,2-4,8-9H2,1H3. The molecule has 0 spiro atoms. The molecule has 1 saturated carbocycles.